The Bertz CT molecular complexity index is 877. The number of carboxylic acids is 1. The van der Waals surface area contributed by atoms with E-state index in [2.05, 4.69) is 0 Å². The smallest absolute Gasteiger partial charge is 0.328 e. The highest BCUT2D eigenvalue weighted by molar-refractivity contribution is 6.14. The molecule has 0 unspecified atom stereocenters. The molecular formula is C19H14O5. The number of methoxy groups -OCH3 is 1. The highest BCUT2D eigenvalue weighted by atomic mass is 16.5. The molecule has 5 nitrogen and oxygen atoms in total. The van der Waals surface area contributed by atoms with Crippen molar-refractivity contribution in [3.05, 3.63) is 71.0 Å². The Hall–Kier alpha value is -3.34. The summed E-state index contributed by atoms with van der Waals surface area (Å²) >= 11 is 0. The molecule has 0 aromatic heterocycles. The van der Waals surface area contributed by atoms with Crippen LogP contribution >= 0.6 is 0 Å². The maximum atomic E-state index is 12.4. The summed E-state index contributed by atoms with van der Waals surface area (Å²) in [5.74, 6) is 0.0761. The first kappa shape index (κ1) is 15.6. The van der Waals surface area contributed by atoms with Gasteiger partial charge in [-0.05, 0) is 47.5 Å². The molecule has 2 aromatic rings. The fraction of sp³-hybridized carbons (Fsp3) is 0.0526. The van der Waals surface area contributed by atoms with Gasteiger partial charge < -0.3 is 14.6 Å². The molecule has 5 heteroatoms. The Morgan fingerprint density at radius 3 is 2.71 bits per heavy atom. The summed E-state index contributed by atoms with van der Waals surface area (Å²) in [4.78, 5) is 23.0. The molecule has 0 bridgehead atoms. The van der Waals surface area contributed by atoms with Gasteiger partial charge in [0.1, 0.15) is 11.5 Å². The molecule has 1 aliphatic rings. The summed E-state index contributed by atoms with van der Waals surface area (Å²) in [7, 11) is 1.54. The van der Waals surface area contributed by atoms with Crippen molar-refractivity contribution in [2.45, 2.75) is 0 Å². The van der Waals surface area contributed by atoms with Gasteiger partial charge in [0.25, 0.3) is 0 Å². The summed E-state index contributed by atoms with van der Waals surface area (Å²) in [6, 6.07) is 12.2. The van der Waals surface area contributed by atoms with E-state index in [-0.39, 0.29) is 11.5 Å². The topological polar surface area (TPSA) is 72.8 Å². The standard InChI is InChI=1S/C19H14O5/c1-23-14-6-7-16-15(11-14)19(22)17(24-16)10-13-4-2-3-12(9-13)5-8-18(20)21/h2-11H,1H3,(H,20,21). The van der Waals surface area contributed by atoms with Gasteiger partial charge in [0.05, 0.1) is 12.7 Å². The summed E-state index contributed by atoms with van der Waals surface area (Å²) in [6.07, 6.45) is 4.18. The summed E-state index contributed by atoms with van der Waals surface area (Å²) in [6.45, 7) is 0. The van der Waals surface area contributed by atoms with E-state index in [0.717, 1.165) is 17.2 Å². The number of ketones is 1. The maximum absolute atomic E-state index is 12.4. The summed E-state index contributed by atoms with van der Waals surface area (Å²) < 4.78 is 10.7. The fourth-order valence-corrected chi connectivity index (χ4v) is 2.37. The third kappa shape index (κ3) is 3.20. The van der Waals surface area contributed by atoms with E-state index in [4.69, 9.17) is 14.6 Å². The number of rotatable bonds is 4. The van der Waals surface area contributed by atoms with Gasteiger partial charge in [-0.25, -0.2) is 4.79 Å². The fourth-order valence-electron chi connectivity index (χ4n) is 2.37. The van der Waals surface area contributed by atoms with Crippen LogP contribution in [0.3, 0.4) is 0 Å². The molecule has 0 saturated carbocycles. The van der Waals surface area contributed by atoms with Gasteiger partial charge in [-0.3, -0.25) is 4.79 Å². The summed E-state index contributed by atoms with van der Waals surface area (Å²) in [5, 5.41) is 8.68. The molecule has 3 rings (SSSR count). The number of aliphatic carboxylic acids is 1. The molecule has 0 radical (unpaired) electrons. The minimum atomic E-state index is -1.02. The number of carboxylic acid groups (broad SMARTS) is 1. The lowest BCUT2D eigenvalue weighted by Gasteiger charge is -2.01. The van der Waals surface area contributed by atoms with E-state index < -0.39 is 5.97 Å². The normalized spacial score (nSPS) is 14.7. The number of benzene rings is 2. The van der Waals surface area contributed by atoms with Gasteiger partial charge in [-0.2, -0.15) is 0 Å². The molecular weight excluding hydrogens is 308 g/mol. The quantitative estimate of drug-likeness (QED) is 0.873. The molecule has 2 aromatic carbocycles. The van der Waals surface area contributed by atoms with Crippen molar-refractivity contribution in [1.29, 1.82) is 0 Å². The Labute approximate surface area is 138 Å². The number of allylic oxidation sites excluding steroid dienone is 1. The summed E-state index contributed by atoms with van der Waals surface area (Å²) in [5.41, 5.74) is 1.92. The van der Waals surface area contributed by atoms with Gasteiger partial charge >= 0.3 is 5.97 Å². The number of hydrogen-bond acceptors (Lipinski definition) is 4. The first-order chi connectivity index (χ1) is 11.6. The van der Waals surface area contributed by atoms with Gasteiger partial charge in [0.2, 0.25) is 5.78 Å². The molecule has 0 fully saturated rings. The van der Waals surface area contributed by atoms with E-state index in [0.29, 0.717) is 17.1 Å². The highest BCUT2D eigenvalue weighted by Crippen LogP contribution is 2.34. The number of carbonyl (C=O) groups is 2. The molecule has 120 valence electrons. The predicted molar refractivity (Wildman–Crippen MR) is 89.0 cm³/mol. The van der Waals surface area contributed by atoms with Crippen LogP contribution in [0.2, 0.25) is 0 Å². The van der Waals surface area contributed by atoms with Gasteiger partial charge in [0, 0.05) is 6.08 Å². The molecule has 0 atom stereocenters. The van der Waals surface area contributed by atoms with E-state index in [1.807, 2.05) is 6.07 Å². The molecule has 1 N–H and O–H groups in total. The van der Waals surface area contributed by atoms with Crippen molar-refractivity contribution < 1.29 is 24.2 Å². The molecule has 0 aliphatic carbocycles. The SMILES string of the molecule is COc1ccc2c(c1)C(=O)C(=Cc1cccc(C=CC(=O)O)c1)O2. The van der Waals surface area contributed by atoms with Crippen molar-refractivity contribution >= 4 is 23.9 Å². The van der Waals surface area contributed by atoms with Gasteiger partial charge in [-0.15, -0.1) is 0 Å². The van der Waals surface area contributed by atoms with Crippen LogP contribution in [0, 0.1) is 0 Å². The second-order valence-corrected chi connectivity index (χ2v) is 5.14. The number of fused-ring (bicyclic) bond motifs is 1. The zero-order valence-electron chi connectivity index (χ0n) is 12.9. The lowest BCUT2D eigenvalue weighted by Crippen LogP contribution is -1.98. The van der Waals surface area contributed by atoms with Gasteiger partial charge in [0.15, 0.2) is 5.76 Å². The third-order valence-electron chi connectivity index (χ3n) is 3.50. The van der Waals surface area contributed by atoms with Crippen molar-refractivity contribution in [1.82, 2.24) is 0 Å². The number of ether oxygens (including phenoxy) is 2. The van der Waals surface area contributed by atoms with E-state index in [1.54, 1.807) is 42.5 Å². The van der Waals surface area contributed by atoms with Crippen LogP contribution < -0.4 is 9.47 Å². The molecule has 0 spiro atoms. The predicted octanol–water partition coefficient (Wildman–Crippen LogP) is 3.41. The molecule has 24 heavy (non-hydrogen) atoms. The van der Waals surface area contributed by atoms with Crippen molar-refractivity contribution in [2.75, 3.05) is 7.11 Å². The second kappa shape index (κ2) is 6.42. The van der Waals surface area contributed by atoms with E-state index in [1.165, 1.54) is 13.2 Å². The first-order valence-corrected chi connectivity index (χ1v) is 7.20. The van der Waals surface area contributed by atoms with Crippen LogP contribution in [0.5, 0.6) is 11.5 Å². The monoisotopic (exact) mass is 322 g/mol. The molecule has 0 amide bonds. The largest absolute Gasteiger partial charge is 0.497 e. The number of Topliss-reactive ketones (excluding diaryl/α,β-unsaturated/α-hetero) is 1. The Balaban J connectivity index is 1.89. The minimum Gasteiger partial charge on any atom is -0.497 e. The Morgan fingerprint density at radius 2 is 1.96 bits per heavy atom. The van der Waals surface area contributed by atoms with Crippen LogP contribution in [0.1, 0.15) is 21.5 Å². The van der Waals surface area contributed by atoms with Crippen LogP contribution in [0.15, 0.2) is 54.3 Å². The average Bonchev–Trinajstić information content (AvgIpc) is 2.89. The first-order valence-electron chi connectivity index (χ1n) is 7.20. The Kier molecular flexibility index (Phi) is 4.16. The average molecular weight is 322 g/mol. The van der Waals surface area contributed by atoms with Crippen LogP contribution in [0.4, 0.5) is 0 Å². The van der Waals surface area contributed by atoms with E-state index in [9.17, 15) is 9.59 Å². The van der Waals surface area contributed by atoms with Crippen LogP contribution in [0.25, 0.3) is 12.2 Å². The Morgan fingerprint density at radius 1 is 1.17 bits per heavy atom. The maximum Gasteiger partial charge on any atom is 0.328 e. The minimum absolute atomic E-state index is 0.213. The number of hydrogen-bond donors (Lipinski definition) is 1. The van der Waals surface area contributed by atoms with Crippen molar-refractivity contribution in [3.8, 4) is 11.5 Å². The van der Waals surface area contributed by atoms with Crippen molar-refractivity contribution in [3.63, 3.8) is 0 Å². The third-order valence-corrected chi connectivity index (χ3v) is 3.50. The zero-order chi connectivity index (χ0) is 17.1. The van der Waals surface area contributed by atoms with Crippen LogP contribution in [-0.4, -0.2) is 24.0 Å². The lowest BCUT2D eigenvalue weighted by atomic mass is 10.1. The molecule has 1 aliphatic heterocycles. The van der Waals surface area contributed by atoms with Gasteiger partial charge in [-0.1, -0.05) is 18.2 Å². The second-order valence-electron chi connectivity index (χ2n) is 5.14. The molecule has 0 saturated heterocycles. The number of carbonyl (C=O) groups excluding carboxylic acids is 1. The van der Waals surface area contributed by atoms with E-state index >= 15 is 0 Å². The van der Waals surface area contributed by atoms with Crippen molar-refractivity contribution in [2.24, 2.45) is 0 Å². The highest BCUT2D eigenvalue weighted by Gasteiger charge is 2.27. The zero-order valence-corrected chi connectivity index (χ0v) is 12.9. The lowest BCUT2D eigenvalue weighted by molar-refractivity contribution is -0.131. The van der Waals surface area contributed by atoms with Crippen LogP contribution in [-0.2, 0) is 4.79 Å². The molecule has 1 heterocycles.